The van der Waals surface area contributed by atoms with E-state index in [1.807, 2.05) is 4.90 Å². The Morgan fingerprint density at radius 2 is 1.90 bits per heavy atom. The van der Waals surface area contributed by atoms with Crippen molar-refractivity contribution >= 4 is 23.5 Å². The minimum absolute atomic E-state index is 0.0508. The number of aryl methyl sites for hydroxylation is 2. The Labute approximate surface area is 177 Å². The lowest BCUT2D eigenvalue weighted by Crippen LogP contribution is -2.49. The number of aromatic nitrogens is 2. The number of carbonyl (C=O) groups excluding carboxylic acids is 2. The van der Waals surface area contributed by atoms with Crippen molar-refractivity contribution in [2.75, 3.05) is 36.4 Å². The van der Waals surface area contributed by atoms with Gasteiger partial charge in [0.1, 0.15) is 17.8 Å². The van der Waals surface area contributed by atoms with E-state index in [0.717, 1.165) is 0 Å². The van der Waals surface area contributed by atoms with Crippen LogP contribution in [0, 0.1) is 19.7 Å². The molecule has 0 saturated carbocycles. The highest BCUT2D eigenvalue weighted by molar-refractivity contribution is 5.94. The third-order valence-corrected chi connectivity index (χ3v) is 5.25. The Bertz CT molecular complexity index is 1080. The molecule has 10 heteroatoms. The number of oxazole rings is 1. The predicted octanol–water partition coefficient (Wildman–Crippen LogP) is 2.56. The van der Waals surface area contributed by atoms with Crippen molar-refractivity contribution in [1.82, 2.24) is 15.0 Å². The first-order valence-corrected chi connectivity index (χ1v) is 9.88. The average Bonchev–Trinajstić information content (AvgIpc) is 3.35. The second-order valence-electron chi connectivity index (χ2n) is 7.30. The molecular formula is C21H22FN5O4. The van der Waals surface area contributed by atoms with E-state index in [-0.39, 0.29) is 35.8 Å². The number of para-hydroxylation sites is 1. The van der Waals surface area contributed by atoms with Crippen molar-refractivity contribution in [2.45, 2.75) is 20.3 Å². The second kappa shape index (κ2) is 8.58. The Morgan fingerprint density at radius 1 is 1.16 bits per heavy atom. The fourth-order valence-electron chi connectivity index (χ4n) is 3.53. The first kappa shape index (κ1) is 20.6. The van der Waals surface area contributed by atoms with Gasteiger partial charge in [0.25, 0.3) is 5.91 Å². The van der Waals surface area contributed by atoms with Gasteiger partial charge in [0.15, 0.2) is 5.69 Å². The molecule has 3 heterocycles. The lowest BCUT2D eigenvalue weighted by molar-refractivity contribution is -0.115. The molecule has 1 aliphatic rings. The van der Waals surface area contributed by atoms with Crippen LogP contribution in [-0.4, -0.2) is 53.0 Å². The maximum absolute atomic E-state index is 14.0. The zero-order valence-corrected chi connectivity index (χ0v) is 17.2. The molecule has 4 rings (SSSR count). The zero-order valence-electron chi connectivity index (χ0n) is 17.2. The van der Waals surface area contributed by atoms with E-state index in [2.05, 4.69) is 15.5 Å². The second-order valence-corrected chi connectivity index (χ2v) is 7.30. The largest absolute Gasteiger partial charge is 0.431 e. The van der Waals surface area contributed by atoms with Crippen LogP contribution in [-0.2, 0) is 11.2 Å². The van der Waals surface area contributed by atoms with Gasteiger partial charge in [-0.25, -0.2) is 4.39 Å². The number of carbonyl (C=O) groups is 2. The average molecular weight is 427 g/mol. The third-order valence-electron chi connectivity index (χ3n) is 5.25. The van der Waals surface area contributed by atoms with Crippen LogP contribution in [0.15, 0.2) is 39.5 Å². The lowest BCUT2D eigenvalue weighted by atomic mass is 10.1. The van der Waals surface area contributed by atoms with E-state index >= 15 is 0 Å². The van der Waals surface area contributed by atoms with Gasteiger partial charge in [0, 0.05) is 31.7 Å². The van der Waals surface area contributed by atoms with Gasteiger partial charge in [-0.05, 0) is 26.0 Å². The number of amides is 2. The smallest absolute Gasteiger partial charge is 0.302 e. The van der Waals surface area contributed by atoms with Crippen LogP contribution in [0.1, 0.15) is 27.5 Å². The van der Waals surface area contributed by atoms with Crippen LogP contribution < -0.4 is 10.2 Å². The highest BCUT2D eigenvalue weighted by Crippen LogP contribution is 2.21. The van der Waals surface area contributed by atoms with Gasteiger partial charge >= 0.3 is 6.01 Å². The normalized spacial score (nSPS) is 14.0. The van der Waals surface area contributed by atoms with Gasteiger partial charge in [-0.2, -0.15) is 4.98 Å². The zero-order chi connectivity index (χ0) is 22.0. The van der Waals surface area contributed by atoms with Gasteiger partial charge in [-0.15, -0.1) is 0 Å². The first-order chi connectivity index (χ1) is 14.9. The van der Waals surface area contributed by atoms with Crippen LogP contribution in [0.3, 0.4) is 0 Å². The topological polar surface area (TPSA) is 105 Å². The summed E-state index contributed by atoms with van der Waals surface area (Å²) in [5, 5.41) is 6.36. The molecule has 1 fully saturated rings. The molecule has 0 bridgehead atoms. The summed E-state index contributed by atoms with van der Waals surface area (Å²) in [6.45, 7) is 5.35. The molecule has 1 N–H and O–H groups in total. The van der Waals surface area contributed by atoms with Crippen molar-refractivity contribution in [3.05, 3.63) is 59.1 Å². The van der Waals surface area contributed by atoms with E-state index in [1.165, 1.54) is 12.3 Å². The Balaban J connectivity index is 1.33. The molecule has 2 aromatic heterocycles. The van der Waals surface area contributed by atoms with Crippen molar-refractivity contribution in [3.8, 4) is 0 Å². The Kier molecular flexibility index (Phi) is 5.70. The monoisotopic (exact) mass is 427 g/mol. The lowest BCUT2D eigenvalue weighted by Gasteiger charge is -2.35. The van der Waals surface area contributed by atoms with Crippen molar-refractivity contribution in [3.63, 3.8) is 0 Å². The number of benzene rings is 1. The molecule has 31 heavy (non-hydrogen) atoms. The molecule has 1 aliphatic heterocycles. The molecule has 0 unspecified atom stereocenters. The highest BCUT2D eigenvalue weighted by Gasteiger charge is 2.26. The van der Waals surface area contributed by atoms with E-state index in [0.29, 0.717) is 48.9 Å². The van der Waals surface area contributed by atoms with E-state index in [9.17, 15) is 14.0 Å². The molecule has 1 aromatic carbocycles. The molecule has 2 amide bonds. The van der Waals surface area contributed by atoms with Crippen molar-refractivity contribution in [1.29, 1.82) is 0 Å². The maximum atomic E-state index is 14.0. The van der Waals surface area contributed by atoms with Gasteiger partial charge in [0.05, 0.1) is 17.8 Å². The third kappa shape index (κ3) is 4.42. The van der Waals surface area contributed by atoms with Gasteiger partial charge in [-0.1, -0.05) is 17.3 Å². The first-order valence-electron chi connectivity index (χ1n) is 9.88. The van der Waals surface area contributed by atoms with Crippen molar-refractivity contribution in [2.24, 2.45) is 0 Å². The number of halogens is 1. The Hall–Kier alpha value is -3.69. The SMILES string of the molecule is Cc1noc(C)c1CC(=O)Nc1nc(C(=O)N2CCN(c3ccccc3F)CC2)co1. The molecule has 162 valence electrons. The molecule has 9 nitrogen and oxygen atoms in total. The van der Waals surface area contributed by atoms with Crippen LogP contribution in [0.5, 0.6) is 0 Å². The molecule has 0 spiro atoms. The number of piperazine rings is 1. The summed E-state index contributed by atoms with van der Waals surface area (Å²) >= 11 is 0. The van der Waals surface area contributed by atoms with Crippen LogP contribution in [0.4, 0.5) is 16.1 Å². The maximum Gasteiger partial charge on any atom is 0.302 e. The molecule has 1 saturated heterocycles. The number of nitrogens with one attached hydrogen (secondary N) is 1. The number of hydrogen-bond acceptors (Lipinski definition) is 7. The molecule has 0 radical (unpaired) electrons. The number of nitrogens with zero attached hydrogens (tertiary/aromatic N) is 4. The van der Waals surface area contributed by atoms with E-state index in [1.54, 1.807) is 36.9 Å². The summed E-state index contributed by atoms with van der Waals surface area (Å²) in [6.07, 6.45) is 1.28. The fraction of sp³-hybridized carbons (Fsp3) is 0.333. The van der Waals surface area contributed by atoms with Gasteiger partial charge in [0.2, 0.25) is 5.91 Å². The van der Waals surface area contributed by atoms with Crippen LogP contribution in [0.25, 0.3) is 0 Å². The van der Waals surface area contributed by atoms with Gasteiger partial charge in [-0.3, -0.25) is 14.9 Å². The van der Waals surface area contributed by atoms with Crippen molar-refractivity contribution < 1.29 is 22.9 Å². The summed E-state index contributed by atoms with van der Waals surface area (Å²) in [5.74, 6) is -0.363. The predicted molar refractivity (Wildman–Crippen MR) is 109 cm³/mol. The standard InChI is InChI=1S/C21H22FN5O4/c1-13-15(14(2)31-25-13)11-19(28)24-21-23-17(12-30-21)20(29)27-9-7-26(8-10-27)18-6-4-3-5-16(18)22/h3-6,12H,7-11H2,1-2H3,(H,23,24,28). The summed E-state index contributed by atoms with van der Waals surface area (Å²) in [4.78, 5) is 32.6. The summed E-state index contributed by atoms with van der Waals surface area (Å²) in [6, 6.07) is 6.53. The fourth-order valence-corrected chi connectivity index (χ4v) is 3.53. The number of hydrogen-bond donors (Lipinski definition) is 1. The summed E-state index contributed by atoms with van der Waals surface area (Å²) < 4.78 is 24.3. The van der Waals surface area contributed by atoms with Crippen LogP contribution >= 0.6 is 0 Å². The van der Waals surface area contributed by atoms with Gasteiger partial charge < -0.3 is 18.7 Å². The number of rotatable bonds is 5. The van der Waals surface area contributed by atoms with E-state index < -0.39 is 0 Å². The minimum Gasteiger partial charge on any atom is -0.431 e. The molecule has 0 aliphatic carbocycles. The Morgan fingerprint density at radius 3 is 2.58 bits per heavy atom. The van der Waals surface area contributed by atoms with E-state index in [4.69, 9.17) is 8.94 Å². The molecule has 3 aromatic rings. The highest BCUT2D eigenvalue weighted by atomic mass is 19.1. The molecular weight excluding hydrogens is 405 g/mol. The quantitative estimate of drug-likeness (QED) is 0.667. The molecule has 0 atom stereocenters. The number of anilines is 2. The minimum atomic E-state index is -0.353. The summed E-state index contributed by atoms with van der Waals surface area (Å²) in [5.41, 5.74) is 1.98. The van der Waals surface area contributed by atoms with Crippen LogP contribution in [0.2, 0.25) is 0 Å². The summed E-state index contributed by atoms with van der Waals surface area (Å²) in [7, 11) is 0.